The quantitative estimate of drug-likeness (QED) is 0.560. The molecule has 1 atom stereocenters. The van der Waals surface area contributed by atoms with Crippen LogP contribution in [0.3, 0.4) is 0 Å². The molecule has 2 rings (SSSR count). The van der Waals surface area contributed by atoms with Crippen LogP contribution in [0.15, 0.2) is 0 Å². The number of hydrogen-bond donors (Lipinski definition) is 4. The normalized spacial score (nSPS) is 16.5. The molecular weight excluding hydrogens is 292 g/mol. The molecule has 0 aromatic carbocycles. The molecule has 1 aromatic rings. The number of carbonyl (C=O) groups excluding carboxylic acids is 2. The molecule has 1 aliphatic heterocycles. The first-order valence-electron chi connectivity index (χ1n) is 6.78. The van der Waals surface area contributed by atoms with Gasteiger partial charge < -0.3 is 27.0 Å². The van der Waals surface area contributed by atoms with E-state index in [0.717, 1.165) is 31.3 Å². The minimum Gasteiger partial charge on any atom is -0.382 e. The van der Waals surface area contributed by atoms with Crippen LogP contribution >= 0.6 is 11.3 Å². The lowest BCUT2D eigenvalue weighted by atomic mass is 10.2. The zero-order valence-corrected chi connectivity index (χ0v) is 12.7. The van der Waals surface area contributed by atoms with Crippen LogP contribution in [-0.2, 0) is 4.79 Å². The lowest BCUT2D eigenvalue weighted by molar-refractivity contribution is -0.118. The van der Waals surface area contributed by atoms with E-state index < -0.39 is 5.91 Å². The van der Waals surface area contributed by atoms with Gasteiger partial charge in [-0.15, -0.1) is 0 Å². The van der Waals surface area contributed by atoms with E-state index in [1.807, 2.05) is 0 Å². The fourth-order valence-corrected chi connectivity index (χ4v) is 3.06. The van der Waals surface area contributed by atoms with Crippen LogP contribution in [0.2, 0.25) is 0 Å². The highest BCUT2D eigenvalue weighted by molar-refractivity contribution is 7.18. The van der Waals surface area contributed by atoms with Crippen molar-refractivity contribution in [3.8, 4) is 0 Å². The van der Waals surface area contributed by atoms with Crippen LogP contribution in [0.25, 0.3) is 0 Å². The second kappa shape index (κ2) is 6.72. The van der Waals surface area contributed by atoms with E-state index >= 15 is 0 Å². The van der Waals surface area contributed by atoms with Gasteiger partial charge >= 0.3 is 0 Å². The Morgan fingerprint density at radius 2 is 2.14 bits per heavy atom. The molecule has 8 nitrogen and oxygen atoms in total. The van der Waals surface area contributed by atoms with E-state index in [1.54, 1.807) is 6.92 Å². The summed E-state index contributed by atoms with van der Waals surface area (Å²) in [6.45, 7) is 5.17. The maximum Gasteiger partial charge on any atom is 0.265 e. The number of anilines is 2. The van der Waals surface area contributed by atoms with Crippen molar-refractivity contribution in [3.63, 3.8) is 0 Å². The molecule has 0 radical (unpaired) electrons. The average Bonchev–Trinajstić information content (AvgIpc) is 2.81. The van der Waals surface area contributed by atoms with E-state index in [2.05, 4.69) is 20.5 Å². The zero-order chi connectivity index (χ0) is 15.4. The summed E-state index contributed by atoms with van der Waals surface area (Å²) in [4.78, 5) is 29.7. The molecule has 0 spiro atoms. The monoisotopic (exact) mass is 312 g/mol. The molecule has 2 amide bonds. The van der Waals surface area contributed by atoms with Crippen LogP contribution < -0.4 is 27.0 Å². The maximum absolute atomic E-state index is 12.1. The van der Waals surface area contributed by atoms with Gasteiger partial charge in [-0.1, -0.05) is 11.3 Å². The lowest BCUT2D eigenvalue weighted by Gasteiger charge is -2.26. The van der Waals surface area contributed by atoms with Crippen molar-refractivity contribution in [3.05, 3.63) is 4.88 Å². The molecule has 0 aliphatic carbocycles. The molecule has 1 fully saturated rings. The third kappa shape index (κ3) is 4.05. The van der Waals surface area contributed by atoms with Gasteiger partial charge in [0.25, 0.3) is 5.91 Å². The van der Waals surface area contributed by atoms with Crippen molar-refractivity contribution in [1.29, 1.82) is 0 Å². The highest BCUT2D eigenvalue weighted by Crippen LogP contribution is 2.28. The highest BCUT2D eigenvalue weighted by Gasteiger charge is 2.22. The summed E-state index contributed by atoms with van der Waals surface area (Å²) < 4.78 is 0. The van der Waals surface area contributed by atoms with Crippen molar-refractivity contribution in [1.82, 2.24) is 15.6 Å². The second-order valence-electron chi connectivity index (χ2n) is 4.99. The third-order valence-electron chi connectivity index (χ3n) is 3.12. The van der Waals surface area contributed by atoms with Gasteiger partial charge in [0.15, 0.2) is 5.13 Å². The molecule has 116 valence electrons. The topological polar surface area (TPSA) is 126 Å². The summed E-state index contributed by atoms with van der Waals surface area (Å²) in [6, 6.07) is -0.334. The van der Waals surface area contributed by atoms with Crippen molar-refractivity contribution in [2.24, 2.45) is 5.73 Å². The van der Waals surface area contributed by atoms with Crippen molar-refractivity contribution >= 4 is 34.1 Å². The van der Waals surface area contributed by atoms with Gasteiger partial charge in [0, 0.05) is 38.6 Å². The Kier molecular flexibility index (Phi) is 4.97. The summed E-state index contributed by atoms with van der Waals surface area (Å²) in [5.74, 6) is -0.556. The standard InChI is InChI=1S/C12H20N6O2S/c1-7(6-8(13)19)16-11(20)9-10(14)17-12(21-9)18-4-2-15-3-5-18/h7,15H,2-6,14H2,1H3,(H2,13,19)(H,16,20). The Labute approximate surface area is 126 Å². The van der Waals surface area contributed by atoms with Crippen LogP contribution in [0.1, 0.15) is 23.0 Å². The highest BCUT2D eigenvalue weighted by atomic mass is 32.1. The molecule has 1 saturated heterocycles. The fourth-order valence-electron chi connectivity index (χ4n) is 2.12. The van der Waals surface area contributed by atoms with Crippen molar-refractivity contribution in [2.75, 3.05) is 36.8 Å². The van der Waals surface area contributed by atoms with Crippen LogP contribution in [0, 0.1) is 0 Å². The Bertz CT molecular complexity index is 526. The summed E-state index contributed by atoms with van der Waals surface area (Å²) in [5, 5.41) is 6.71. The Morgan fingerprint density at radius 3 is 2.76 bits per heavy atom. The predicted octanol–water partition coefficient (Wildman–Crippen LogP) is -0.871. The summed E-state index contributed by atoms with van der Waals surface area (Å²) in [5.41, 5.74) is 10.9. The number of hydrogen-bond acceptors (Lipinski definition) is 7. The van der Waals surface area contributed by atoms with E-state index in [9.17, 15) is 9.59 Å². The van der Waals surface area contributed by atoms with E-state index in [-0.39, 0.29) is 24.2 Å². The minimum atomic E-state index is -0.457. The number of nitrogens with two attached hydrogens (primary N) is 2. The number of piperazine rings is 1. The molecule has 1 aliphatic rings. The average molecular weight is 312 g/mol. The van der Waals surface area contributed by atoms with Gasteiger partial charge in [0.05, 0.1) is 0 Å². The molecule has 9 heteroatoms. The molecule has 2 heterocycles. The summed E-state index contributed by atoms with van der Waals surface area (Å²) in [7, 11) is 0. The van der Waals surface area contributed by atoms with Crippen LogP contribution in [0.5, 0.6) is 0 Å². The predicted molar refractivity (Wildman–Crippen MR) is 82.3 cm³/mol. The number of nitrogen functional groups attached to an aromatic ring is 1. The molecule has 6 N–H and O–H groups in total. The maximum atomic E-state index is 12.1. The van der Waals surface area contributed by atoms with E-state index in [4.69, 9.17) is 11.5 Å². The van der Waals surface area contributed by atoms with Crippen LogP contribution in [0.4, 0.5) is 10.9 Å². The first-order valence-corrected chi connectivity index (χ1v) is 7.60. The SMILES string of the molecule is CC(CC(N)=O)NC(=O)c1sc(N2CCNCC2)nc1N. The number of aromatic nitrogens is 1. The van der Waals surface area contributed by atoms with Crippen molar-refractivity contribution in [2.45, 2.75) is 19.4 Å². The number of amides is 2. The van der Waals surface area contributed by atoms with E-state index in [1.165, 1.54) is 11.3 Å². The van der Waals surface area contributed by atoms with Crippen molar-refractivity contribution < 1.29 is 9.59 Å². The van der Waals surface area contributed by atoms with E-state index in [0.29, 0.717) is 4.88 Å². The molecular formula is C12H20N6O2S. The number of carbonyl (C=O) groups is 2. The lowest BCUT2D eigenvalue weighted by Crippen LogP contribution is -2.43. The molecule has 1 aromatic heterocycles. The smallest absolute Gasteiger partial charge is 0.265 e. The molecule has 21 heavy (non-hydrogen) atoms. The first kappa shape index (κ1) is 15.5. The van der Waals surface area contributed by atoms with Gasteiger partial charge in [-0.2, -0.15) is 0 Å². The Balaban J connectivity index is 2.04. The number of rotatable bonds is 5. The van der Waals surface area contributed by atoms with Crippen LogP contribution in [-0.4, -0.2) is 49.0 Å². The molecule has 0 bridgehead atoms. The minimum absolute atomic E-state index is 0.0924. The van der Waals surface area contributed by atoms with Gasteiger partial charge in [0.1, 0.15) is 10.7 Å². The number of primary amides is 1. The number of nitrogens with one attached hydrogen (secondary N) is 2. The summed E-state index contributed by atoms with van der Waals surface area (Å²) >= 11 is 1.27. The third-order valence-corrected chi connectivity index (χ3v) is 4.25. The number of nitrogens with zero attached hydrogens (tertiary/aromatic N) is 2. The van der Waals surface area contributed by atoms with Gasteiger partial charge in [-0.05, 0) is 6.92 Å². The van der Waals surface area contributed by atoms with Gasteiger partial charge in [-0.3, -0.25) is 9.59 Å². The number of thiazole rings is 1. The Hall–Kier alpha value is -1.87. The van der Waals surface area contributed by atoms with Gasteiger partial charge in [-0.25, -0.2) is 4.98 Å². The fraction of sp³-hybridized carbons (Fsp3) is 0.583. The molecule has 1 unspecified atom stereocenters. The zero-order valence-electron chi connectivity index (χ0n) is 11.9. The van der Waals surface area contributed by atoms with Gasteiger partial charge in [0.2, 0.25) is 5.91 Å². The molecule has 0 saturated carbocycles. The second-order valence-corrected chi connectivity index (χ2v) is 5.97. The Morgan fingerprint density at radius 1 is 1.48 bits per heavy atom. The first-order chi connectivity index (χ1) is 9.97. The largest absolute Gasteiger partial charge is 0.382 e. The summed E-state index contributed by atoms with van der Waals surface area (Å²) in [6.07, 6.45) is 0.0924.